The van der Waals surface area contributed by atoms with Gasteiger partial charge in [0.25, 0.3) is 15.9 Å². The Labute approximate surface area is 205 Å². The highest BCUT2D eigenvalue weighted by molar-refractivity contribution is 7.92. The number of sulfonamides is 1. The number of nitrogens with one attached hydrogen (secondary N) is 1. The first kappa shape index (κ1) is 24.1. The lowest BCUT2D eigenvalue weighted by Crippen LogP contribution is -2.16. The fourth-order valence-electron chi connectivity index (χ4n) is 3.39. The summed E-state index contributed by atoms with van der Waals surface area (Å²) < 4.78 is 35.1. The molecule has 0 aliphatic carbocycles. The minimum atomic E-state index is -3.80. The molecule has 4 rings (SSSR count). The second kappa shape index (κ2) is 10.1. The molecule has 10 heteroatoms. The monoisotopic (exact) mass is 507 g/mol. The van der Waals surface area contributed by atoms with Crippen LogP contribution in [-0.4, -0.2) is 32.0 Å². The Morgan fingerprint density at radius 1 is 1.06 bits per heavy atom. The van der Waals surface area contributed by atoms with Crippen LogP contribution in [0.25, 0.3) is 10.2 Å². The zero-order chi connectivity index (χ0) is 25.0. The molecule has 1 N–H and O–H groups in total. The fourth-order valence-corrected chi connectivity index (χ4v) is 5.54. The number of nitrogens with zero attached hydrogens (tertiary/aromatic N) is 2. The lowest BCUT2D eigenvalue weighted by atomic mass is 10.2. The third-order valence-corrected chi connectivity index (χ3v) is 7.47. The molecule has 4 aromatic rings. The number of benzene rings is 3. The standard InChI is InChI=1S/C25H21N3O5S2/c1-3-14-28-21-13-12-18(24(30)33-2)16-22(21)34-25(28)26-23(29)17-8-7-9-19(15-17)27-35(31,32)20-10-5-4-6-11-20/h3-13,15-16,27H,1,14H2,2H3. The Balaban J connectivity index is 1.69. The average molecular weight is 508 g/mol. The van der Waals surface area contributed by atoms with E-state index >= 15 is 0 Å². The number of amides is 1. The van der Waals surface area contributed by atoms with E-state index < -0.39 is 21.9 Å². The Bertz CT molecular complexity index is 1600. The van der Waals surface area contributed by atoms with Crippen molar-refractivity contribution in [3.63, 3.8) is 0 Å². The summed E-state index contributed by atoms with van der Waals surface area (Å²) in [7, 11) is -2.49. The van der Waals surface area contributed by atoms with Crippen LogP contribution in [0.1, 0.15) is 20.7 Å². The second-order valence-electron chi connectivity index (χ2n) is 7.37. The number of fused-ring (bicyclic) bond motifs is 1. The van der Waals surface area contributed by atoms with Crippen molar-refractivity contribution in [1.29, 1.82) is 0 Å². The van der Waals surface area contributed by atoms with E-state index in [1.165, 1.54) is 36.6 Å². The number of ether oxygens (including phenoxy) is 1. The zero-order valence-corrected chi connectivity index (χ0v) is 20.3. The van der Waals surface area contributed by atoms with Crippen LogP contribution in [0.2, 0.25) is 0 Å². The Hall–Kier alpha value is -4.02. The minimum absolute atomic E-state index is 0.114. The second-order valence-corrected chi connectivity index (χ2v) is 10.1. The minimum Gasteiger partial charge on any atom is -0.465 e. The van der Waals surface area contributed by atoms with Crippen LogP contribution in [0.15, 0.2) is 95.3 Å². The van der Waals surface area contributed by atoms with Crippen molar-refractivity contribution in [2.45, 2.75) is 11.4 Å². The number of esters is 1. The third kappa shape index (κ3) is 5.23. The summed E-state index contributed by atoms with van der Waals surface area (Å²) in [6.45, 7) is 4.17. The van der Waals surface area contributed by atoms with E-state index in [1.54, 1.807) is 60.7 Å². The lowest BCUT2D eigenvalue weighted by molar-refractivity contribution is 0.0600. The van der Waals surface area contributed by atoms with Crippen molar-refractivity contribution in [3.8, 4) is 0 Å². The molecular weight excluding hydrogens is 486 g/mol. The summed E-state index contributed by atoms with van der Waals surface area (Å²) in [6.07, 6.45) is 1.68. The SMILES string of the molecule is C=CCn1c(=NC(=O)c2cccc(NS(=O)(=O)c3ccccc3)c2)sc2cc(C(=O)OC)ccc21. The predicted octanol–water partition coefficient (Wildman–Crippen LogP) is 4.22. The number of rotatable bonds is 7. The van der Waals surface area contributed by atoms with E-state index in [0.29, 0.717) is 16.9 Å². The van der Waals surface area contributed by atoms with Crippen molar-refractivity contribution in [3.05, 3.63) is 101 Å². The smallest absolute Gasteiger partial charge is 0.337 e. The number of thiazole rings is 1. The molecule has 0 spiro atoms. The first-order chi connectivity index (χ1) is 16.8. The normalized spacial score (nSPS) is 11.9. The van der Waals surface area contributed by atoms with Crippen LogP contribution >= 0.6 is 11.3 Å². The van der Waals surface area contributed by atoms with E-state index in [9.17, 15) is 18.0 Å². The fraction of sp³-hybridized carbons (Fsp3) is 0.0800. The largest absolute Gasteiger partial charge is 0.465 e. The number of aromatic nitrogens is 1. The van der Waals surface area contributed by atoms with Crippen molar-refractivity contribution in [2.75, 3.05) is 11.8 Å². The van der Waals surface area contributed by atoms with Gasteiger partial charge in [-0.05, 0) is 48.5 Å². The highest BCUT2D eigenvalue weighted by Crippen LogP contribution is 2.21. The molecule has 0 atom stereocenters. The molecule has 0 unspecified atom stereocenters. The van der Waals surface area contributed by atoms with Crippen molar-refractivity contribution < 1.29 is 22.7 Å². The van der Waals surface area contributed by atoms with Crippen molar-refractivity contribution >= 4 is 49.1 Å². The van der Waals surface area contributed by atoms with Gasteiger partial charge in [-0.2, -0.15) is 4.99 Å². The molecule has 3 aromatic carbocycles. The molecule has 8 nitrogen and oxygen atoms in total. The molecule has 0 saturated carbocycles. The maximum atomic E-state index is 13.0. The van der Waals surface area contributed by atoms with E-state index in [0.717, 1.165) is 10.2 Å². The molecule has 0 fully saturated rings. The molecule has 0 saturated heterocycles. The summed E-state index contributed by atoms with van der Waals surface area (Å²) in [4.78, 5) is 29.7. The molecule has 178 valence electrons. The Morgan fingerprint density at radius 3 is 2.54 bits per heavy atom. The average Bonchev–Trinajstić information content (AvgIpc) is 3.20. The number of carbonyl (C=O) groups is 2. The highest BCUT2D eigenvalue weighted by atomic mass is 32.2. The van der Waals surface area contributed by atoms with Gasteiger partial charge in [-0.15, -0.1) is 6.58 Å². The summed E-state index contributed by atoms with van der Waals surface area (Å²) in [6, 6.07) is 19.2. The number of hydrogen-bond donors (Lipinski definition) is 1. The number of allylic oxidation sites excluding steroid dienone is 1. The van der Waals surface area contributed by atoms with Gasteiger partial charge < -0.3 is 9.30 Å². The van der Waals surface area contributed by atoms with Gasteiger partial charge in [-0.1, -0.05) is 41.7 Å². The summed E-state index contributed by atoms with van der Waals surface area (Å²) in [5.74, 6) is -0.997. The van der Waals surface area contributed by atoms with E-state index in [2.05, 4.69) is 16.3 Å². The van der Waals surface area contributed by atoms with Gasteiger partial charge in [0.05, 0.1) is 27.8 Å². The van der Waals surface area contributed by atoms with Crippen LogP contribution in [0.4, 0.5) is 5.69 Å². The van der Waals surface area contributed by atoms with Crippen molar-refractivity contribution in [2.24, 2.45) is 4.99 Å². The molecule has 0 radical (unpaired) electrons. The summed E-state index contributed by atoms with van der Waals surface area (Å²) >= 11 is 1.25. The predicted molar refractivity (Wildman–Crippen MR) is 135 cm³/mol. The van der Waals surface area contributed by atoms with Gasteiger partial charge in [0.15, 0.2) is 4.80 Å². The Morgan fingerprint density at radius 2 is 1.83 bits per heavy atom. The van der Waals surface area contributed by atoms with Gasteiger partial charge in [0, 0.05) is 17.8 Å². The zero-order valence-electron chi connectivity index (χ0n) is 18.7. The van der Waals surface area contributed by atoms with Crippen molar-refractivity contribution in [1.82, 2.24) is 4.57 Å². The highest BCUT2D eigenvalue weighted by Gasteiger charge is 2.15. The summed E-state index contributed by atoms with van der Waals surface area (Å²) in [5.41, 5.74) is 1.64. The van der Waals surface area contributed by atoms with Gasteiger partial charge in [0.1, 0.15) is 0 Å². The number of anilines is 1. The van der Waals surface area contributed by atoms with E-state index in [1.807, 2.05) is 4.57 Å². The summed E-state index contributed by atoms with van der Waals surface area (Å²) in [5, 5.41) is 0. The van der Waals surface area contributed by atoms with Gasteiger partial charge in [0.2, 0.25) is 0 Å². The molecule has 35 heavy (non-hydrogen) atoms. The first-order valence-corrected chi connectivity index (χ1v) is 12.7. The molecule has 1 aromatic heterocycles. The number of carbonyl (C=O) groups excluding carboxylic acids is 2. The lowest BCUT2D eigenvalue weighted by Gasteiger charge is -2.08. The number of hydrogen-bond acceptors (Lipinski definition) is 6. The maximum Gasteiger partial charge on any atom is 0.337 e. The third-order valence-electron chi connectivity index (χ3n) is 5.03. The molecule has 0 aliphatic rings. The van der Waals surface area contributed by atoms with Crippen LogP contribution in [0.5, 0.6) is 0 Å². The molecule has 0 aliphatic heterocycles. The molecular formula is C25H21N3O5S2. The van der Waals surface area contributed by atoms with Crippen LogP contribution < -0.4 is 9.52 Å². The maximum absolute atomic E-state index is 13.0. The van der Waals surface area contributed by atoms with Crippen LogP contribution in [0, 0.1) is 0 Å². The van der Waals surface area contributed by atoms with E-state index in [4.69, 9.17) is 4.74 Å². The number of methoxy groups -OCH3 is 1. The van der Waals surface area contributed by atoms with Gasteiger partial charge in [-0.25, -0.2) is 13.2 Å². The topological polar surface area (TPSA) is 107 Å². The quantitative estimate of drug-likeness (QED) is 0.298. The molecule has 1 heterocycles. The van der Waals surface area contributed by atoms with Crippen LogP contribution in [0.3, 0.4) is 0 Å². The molecule has 0 bridgehead atoms. The van der Waals surface area contributed by atoms with E-state index in [-0.39, 0.29) is 16.1 Å². The molecule has 1 amide bonds. The van der Waals surface area contributed by atoms with Gasteiger partial charge >= 0.3 is 5.97 Å². The van der Waals surface area contributed by atoms with Crippen LogP contribution in [-0.2, 0) is 21.3 Å². The first-order valence-electron chi connectivity index (χ1n) is 10.4. The Kier molecular flexibility index (Phi) is 6.94. The van der Waals surface area contributed by atoms with Gasteiger partial charge in [-0.3, -0.25) is 9.52 Å².